The van der Waals surface area contributed by atoms with Gasteiger partial charge in [-0.05, 0) is 32.4 Å². The zero-order valence-electron chi connectivity index (χ0n) is 10.7. The molecule has 18 heavy (non-hydrogen) atoms. The van der Waals surface area contributed by atoms with E-state index in [4.69, 9.17) is 17.3 Å². The molecule has 2 aromatic heterocycles. The van der Waals surface area contributed by atoms with Crippen LogP contribution in [0.3, 0.4) is 0 Å². The van der Waals surface area contributed by atoms with Crippen molar-refractivity contribution >= 4 is 11.6 Å². The number of nitrogens with two attached hydrogens (primary N) is 1. The van der Waals surface area contributed by atoms with Crippen LogP contribution in [0.4, 0.5) is 0 Å². The second-order valence-corrected chi connectivity index (χ2v) is 4.60. The Hall–Kier alpha value is -1.46. The van der Waals surface area contributed by atoms with Crippen molar-refractivity contribution in [1.82, 2.24) is 20.0 Å². The van der Waals surface area contributed by atoms with Gasteiger partial charge in [-0.15, -0.1) is 0 Å². The highest BCUT2D eigenvalue weighted by Crippen LogP contribution is 2.27. The molecule has 0 bridgehead atoms. The molecule has 0 fully saturated rings. The van der Waals surface area contributed by atoms with Gasteiger partial charge >= 0.3 is 0 Å². The summed E-state index contributed by atoms with van der Waals surface area (Å²) in [5.74, 6) is 0. The number of halogens is 1. The minimum absolute atomic E-state index is 0.339. The Balaban J connectivity index is 2.50. The van der Waals surface area contributed by atoms with E-state index >= 15 is 0 Å². The monoisotopic (exact) mass is 265 g/mol. The van der Waals surface area contributed by atoms with Gasteiger partial charge in [-0.1, -0.05) is 11.6 Å². The molecule has 1 atom stereocenters. The molecule has 0 radical (unpaired) electrons. The van der Waals surface area contributed by atoms with Gasteiger partial charge in [0, 0.05) is 6.54 Å². The van der Waals surface area contributed by atoms with E-state index < -0.39 is 0 Å². The van der Waals surface area contributed by atoms with Crippen molar-refractivity contribution in [3.8, 4) is 0 Å². The molecule has 2 heterocycles. The highest BCUT2D eigenvalue weighted by Gasteiger charge is 2.20. The van der Waals surface area contributed by atoms with Crippen LogP contribution in [0.1, 0.15) is 35.6 Å². The van der Waals surface area contributed by atoms with Crippen molar-refractivity contribution in [2.45, 2.75) is 33.4 Å². The van der Waals surface area contributed by atoms with Gasteiger partial charge in [0.2, 0.25) is 0 Å². The van der Waals surface area contributed by atoms with E-state index in [0.29, 0.717) is 5.02 Å². The van der Waals surface area contributed by atoms with E-state index in [0.717, 1.165) is 29.2 Å². The predicted molar refractivity (Wildman–Crippen MR) is 70.4 cm³/mol. The summed E-state index contributed by atoms with van der Waals surface area (Å²) in [6.45, 7) is 6.51. The Morgan fingerprint density at radius 1 is 1.39 bits per heavy atom. The summed E-state index contributed by atoms with van der Waals surface area (Å²) in [5, 5.41) is 12.9. The molecule has 0 aliphatic heterocycles. The molecular weight excluding hydrogens is 250 g/mol. The molecule has 96 valence electrons. The van der Waals surface area contributed by atoms with Crippen LogP contribution >= 0.6 is 11.6 Å². The largest absolute Gasteiger partial charge is 0.319 e. The first-order valence-corrected chi connectivity index (χ1v) is 6.20. The number of nitrogens with zero attached hydrogens (tertiary/aromatic N) is 4. The zero-order chi connectivity index (χ0) is 13.3. The highest BCUT2D eigenvalue weighted by molar-refractivity contribution is 6.31. The maximum atomic E-state index is 6.29. The van der Waals surface area contributed by atoms with E-state index in [-0.39, 0.29) is 6.04 Å². The molecule has 2 rings (SSSR count). The summed E-state index contributed by atoms with van der Waals surface area (Å²) < 4.78 is 1.81. The highest BCUT2D eigenvalue weighted by atomic mass is 35.5. The van der Waals surface area contributed by atoms with Gasteiger partial charge in [0.25, 0.3) is 0 Å². The molecule has 0 saturated heterocycles. The van der Waals surface area contributed by atoms with Gasteiger partial charge in [0.1, 0.15) is 0 Å². The third kappa shape index (κ3) is 2.23. The van der Waals surface area contributed by atoms with Crippen LogP contribution in [0, 0.1) is 13.8 Å². The molecule has 0 aliphatic carbocycles. The molecule has 0 aromatic carbocycles. The fourth-order valence-corrected chi connectivity index (χ4v) is 2.22. The summed E-state index contributed by atoms with van der Waals surface area (Å²) in [7, 11) is 0. The van der Waals surface area contributed by atoms with Gasteiger partial charge in [-0.25, -0.2) is 0 Å². The lowest BCUT2D eigenvalue weighted by Gasteiger charge is -2.16. The Morgan fingerprint density at radius 2 is 2.11 bits per heavy atom. The van der Waals surface area contributed by atoms with Gasteiger partial charge < -0.3 is 5.73 Å². The average Bonchev–Trinajstić information content (AvgIpc) is 2.72. The summed E-state index contributed by atoms with van der Waals surface area (Å²) >= 11 is 6.16. The Morgan fingerprint density at radius 3 is 2.78 bits per heavy atom. The van der Waals surface area contributed by atoms with E-state index in [1.807, 2.05) is 31.5 Å². The summed E-state index contributed by atoms with van der Waals surface area (Å²) in [6, 6.07) is 1.60. The van der Waals surface area contributed by atoms with E-state index in [1.165, 1.54) is 0 Å². The molecule has 6 heteroatoms. The zero-order valence-corrected chi connectivity index (χ0v) is 11.4. The smallest absolute Gasteiger partial charge is 0.0837 e. The third-order valence-corrected chi connectivity index (χ3v) is 3.19. The summed E-state index contributed by atoms with van der Waals surface area (Å²) in [6.07, 6.45) is 1.62. The molecule has 5 nitrogen and oxygen atoms in total. The van der Waals surface area contributed by atoms with Crippen molar-refractivity contribution in [1.29, 1.82) is 0 Å². The average molecular weight is 266 g/mol. The molecule has 2 N–H and O–H groups in total. The summed E-state index contributed by atoms with van der Waals surface area (Å²) in [4.78, 5) is 0. The molecule has 2 aromatic rings. The van der Waals surface area contributed by atoms with Gasteiger partial charge in [-0.3, -0.25) is 4.68 Å². The van der Waals surface area contributed by atoms with E-state index in [2.05, 4.69) is 15.3 Å². The Bertz CT molecular complexity index is 564. The van der Waals surface area contributed by atoms with Gasteiger partial charge in [0.05, 0.1) is 34.3 Å². The number of aryl methyl sites for hydroxylation is 3. The number of hydrogen-bond acceptors (Lipinski definition) is 4. The number of aromatic nitrogens is 4. The van der Waals surface area contributed by atoms with Crippen LogP contribution in [-0.4, -0.2) is 20.0 Å². The van der Waals surface area contributed by atoms with Crippen LogP contribution in [0.15, 0.2) is 12.3 Å². The van der Waals surface area contributed by atoms with E-state index in [1.54, 1.807) is 6.20 Å². The molecule has 0 spiro atoms. The van der Waals surface area contributed by atoms with Crippen molar-refractivity contribution in [2.75, 3.05) is 0 Å². The Kier molecular flexibility index (Phi) is 3.63. The lowest BCUT2D eigenvalue weighted by atomic mass is 10.0. The van der Waals surface area contributed by atoms with Crippen LogP contribution in [-0.2, 0) is 6.54 Å². The molecule has 1 unspecified atom stereocenters. The van der Waals surface area contributed by atoms with E-state index in [9.17, 15) is 0 Å². The van der Waals surface area contributed by atoms with Crippen molar-refractivity contribution in [3.05, 3.63) is 39.9 Å². The van der Waals surface area contributed by atoms with Gasteiger partial charge in [0.15, 0.2) is 0 Å². The molecule has 0 saturated carbocycles. The fraction of sp³-hybridized carbons (Fsp3) is 0.417. The Labute approximate surface area is 111 Å². The number of rotatable bonds is 3. The fourth-order valence-electron chi connectivity index (χ4n) is 1.97. The first kappa shape index (κ1) is 13.0. The maximum absolute atomic E-state index is 6.29. The second kappa shape index (κ2) is 5.04. The topological polar surface area (TPSA) is 69.6 Å². The van der Waals surface area contributed by atoms with Crippen LogP contribution in [0.2, 0.25) is 5.02 Å². The van der Waals surface area contributed by atoms with Crippen molar-refractivity contribution in [2.24, 2.45) is 5.73 Å². The maximum Gasteiger partial charge on any atom is 0.0837 e. The van der Waals surface area contributed by atoms with Gasteiger partial charge in [-0.2, -0.15) is 15.3 Å². The lowest BCUT2D eigenvalue weighted by molar-refractivity contribution is 0.598. The predicted octanol–water partition coefficient (Wildman–Crippen LogP) is 2.01. The van der Waals surface area contributed by atoms with Crippen LogP contribution in [0.25, 0.3) is 0 Å². The summed E-state index contributed by atoms with van der Waals surface area (Å²) in [5.41, 5.74) is 9.69. The van der Waals surface area contributed by atoms with Crippen molar-refractivity contribution < 1.29 is 0 Å². The van der Waals surface area contributed by atoms with Crippen LogP contribution < -0.4 is 5.73 Å². The SMILES string of the molecule is CCn1ncc(Cl)c1C(N)c1cc(C)nnc1C. The third-order valence-electron chi connectivity index (χ3n) is 2.90. The number of hydrogen-bond donors (Lipinski definition) is 1. The van der Waals surface area contributed by atoms with Crippen molar-refractivity contribution in [3.63, 3.8) is 0 Å². The molecular formula is C12H16ClN5. The first-order valence-electron chi connectivity index (χ1n) is 5.82. The molecule has 0 aliphatic rings. The standard InChI is InChI=1S/C12H16ClN5/c1-4-18-12(10(13)6-15-18)11(14)9-5-7(2)16-17-8(9)3/h5-6,11H,4,14H2,1-3H3. The minimum Gasteiger partial charge on any atom is -0.319 e. The minimum atomic E-state index is -0.339. The normalized spacial score (nSPS) is 12.7. The second-order valence-electron chi connectivity index (χ2n) is 4.20. The molecule has 0 amide bonds. The lowest BCUT2D eigenvalue weighted by Crippen LogP contribution is -2.19. The first-order chi connectivity index (χ1) is 8.54. The van der Waals surface area contributed by atoms with Crippen LogP contribution in [0.5, 0.6) is 0 Å². The quantitative estimate of drug-likeness (QED) is 0.922.